The second-order valence-electron chi connectivity index (χ2n) is 12.7. The van der Waals surface area contributed by atoms with E-state index >= 15 is 0 Å². The molecule has 0 saturated carbocycles. The van der Waals surface area contributed by atoms with Gasteiger partial charge in [-0.3, -0.25) is 0 Å². The zero-order valence-corrected chi connectivity index (χ0v) is 26.8. The summed E-state index contributed by atoms with van der Waals surface area (Å²) in [5.74, 6) is 0. The quantitative estimate of drug-likeness (QED) is 0.175. The fraction of sp³-hybridized carbons (Fsp3) is 0.0213. The Labute approximate surface area is 281 Å². The monoisotopic (exact) mass is 611 g/mol. The van der Waals surface area contributed by atoms with Gasteiger partial charge in [-0.25, -0.2) is 0 Å². The summed E-state index contributed by atoms with van der Waals surface area (Å²) < 4.78 is 0. The number of aryl methyl sites for hydroxylation is 1. The molecule has 9 aromatic rings. The summed E-state index contributed by atoms with van der Waals surface area (Å²) in [5, 5.41) is 10.2. The van der Waals surface area contributed by atoms with Gasteiger partial charge in [-0.15, -0.1) is 0 Å². The van der Waals surface area contributed by atoms with Crippen molar-refractivity contribution in [2.24, 2.45) is 0 Å². The molecule has 0 aliphatic rings. The first kappa shape index (κ1) is 28.1. The first-order valence-corrected chi connectivity index (χ1v) is 16.6. The molecule has 0 N–H and O–H groups in total. The van der Waals surface area contributed by atoms with Crippen LogP contribution in [0, 0.1) is 6.92 Å². The number of fused-ring (bicyclic) bond motifs is 6. The van der Waals surface area contributed by atoms with Gasteiger partial charge in [0, 0.05) is 17.1 Å². The average molecular weight is 612 g/mol. The van der Waals surface area contributed by atoms with E-state index in [-0.39, 0.29) is 0 Å². The fourth-order valence-corrected chi connectivity index (χ4v) is 7.32. The number of anilines is 3. The molecule has 1 nitrogen and oxygen atoms in total. The number of rotatable bonds is 5. The number of benzene rings is 9. The molecule has 9 aromatic carbocycles. The molecule has 0 unspecified atom stereocenters. The van der Waals surface area contributed by atoms with Crippen molar-refractivity contribution in [3.8, 4) is 22.3 Å². The summed E-state index contributed by atoms with van der Waals surface area (Å²) in [6, 6.07) is 66.4. The Morgan fingerprint density at radius 1 is 0.333 bits per heavy atom. The lowest BCUT2D eigenvalue weighted by Gasteiger charge is -2.26. The number of nitrogens with zero attached hydrogens (tertiary/aromatic N) is 1. The summed E-state index contributed by atoms with van der Waals surface area (Å²) in [5.41, 5.74) is 9.60. The standard InChI is InChI=1S/C47H33N/c1-32-19-25-39(26-20-32)48(38-13-3-2-4-14-38)40-27-23-34(24-28-40)45-30-37-31-46(36-22-21-33-11-5-6-12-35(33)29-36)42-16-8-10-18-44(42)47(37)43-17-9-7-15-41(43)45/h2-31H,1H3. The van der Waals surface area contributed by atoms with Crippen LogP contribution >= 0.6 is 0 Å². The number of para-hydroxylation sites is 1. The molecule has 226 valence electrons. The van der Waals surface area contributed by atoms with Gasteiger partial charge in [0.2, 0.25) is 0 Å². The van der Waals surface area contributed by atoms with Gasteiger partial charge in [-0.1, -0.05) is 133 Å². The molecular formula is C47H33N. The van der Waals surface area contributed by atoms with Crippen molar-refractivity contribution >= 4 is 60.2 Å². The molecule has 1 heteroatoms. The van der Waals surface area contributed by atoms with Crippen LogP contribution in [0.25, 0.3) is 65.3 Å². The van der Waals surface area contributed by atoms with E-state index in [1.54, 1.807) is 0 Å². The zero-order chi connectivity index (χ0) is 32.0. The Kier molecular flexibility index (Phi) is 6.76. The first-order chi connectivity index (χ1) is 23.7. The van der Waals surface area contributed by atoms with Gasteiger partial charge in [0.05, 0.1) is 0 Å². The molecule has 48 heavy (non-hydrogen) atoms. The van der Waals surface area contributed by atoms with Crippen LogP contribution in [0.3, 0.4) is 0 Å². The van der Waals surface area contributed by atoms with Crippen LogP contribution < -0.4 is 4.90 Å². The molecule has 0 amide bonds. The summed E-state index contributed by atoms with van der Waals surface area (Å²) in [6.45, 7) is 2.13. The average Bonchev–Trinajstić information content (AvgIpc) is 3.15. The third-order valence-corrected chi connectivity index (χ3v) is 9.67. The Hall–Kier alpha value is -6.18. The van der Waals surface area contributed by atoms with Crippen molar-refractivity contribution in [1.82, 2.24) is 0 Å². The van der Waals surface area contributed by atoms with E-state index in [1.165, 1.54) is 70.9 Å². The van der Waals surface area contributed by atoms with E-state index in [4.69, 9.17) is 0 Å². The third kappa shape index (κ3) is 4.80. The largest absolute Gasteiger partial charge is 0.311 e. The molecule has 0 bridgehead atoms. The first-order valence-electron chi connectivity index (χ1n) is 16.6. The molecular weight excluding hydrogens is 579 g/mol. The Balaban J connectivity index is 1.23. The minimum absolute atomic E-state index is 1.13. The number of hydrogen-bond donors (Lipinski definition) is 0. The Morgan fingerprint density at radius 2 is 0.812 bits per heavy atom. The van der Waals surface area contributed by atoms with Crippen molar-refractivity contribution in [2.45, 2.75) is 6.92 Å². The summed E-state index contributed by atoms with van der Waals surface area (Å²) in [7, 11) is 0. The molecule has 0 spiro atoms. The highest BCUT2D eigenvalue weighted by molar-refractivity contribution is 6.25. The van der Waals surface area contributed by atoms with Crippen LogP contribution in [-0.4, -0.2) is 0 Å². The highest BCUT2D eigenvalue weighted by Gasteiger charge is 2.16. The highest BCUT2D eigenvalue weighted by Crippen LogP contribution is 2.43. The molecule has 0 atom stereocenters. The molecule has 0 aliphatic heterocycles. The van der Waals surface area contributed by atoms with Gasteiger partial charge in [0.15, 0.2) is 0 Å². The Morgan fingerprint density at radius 3 is 1.46 bits per heavy atom. The van der Waals surface area contributed by atoms with Crippen molar-refractivity contribution < 1.29 is 0 Å². The van der Waals surface area contributed by atoms with Crippen LogP contribution in [0.2, 0.25) is 0 Å². The lowest BCUT2D eigenvalue weighted by Crippen LogP contribution is -2.09. The smallest absolute Gasteiger partial charge is 0.0462 e. The van der Waals surface area contributed by atoms with Crippen LogP contribution in [0.5, 0.6) is 0 Å². The maximum atomic E-state index is 2.40. The van der Waals surface area contributed by atoms with Crippen LogP contribution in [0.1, 0.15) is 5.56 Å². The second kappa shape index (κ2) is 11.6. The minimum atomic E-state index is 1.13. The molecule has 0 saturated heterocycles. The minimum Gasteiger partial charge on any atom is -0.311 e. The zero-order valence-electron chi connectivity index (χ0n) is 26.8. The van der Waals surface area contributed by atoms with Crippen LogP contribution in [0.4, 0.5) is 17.1 Å². The van der Waals surface area contributed by atoms with Gasteiger partial charge in [0.25, 0.3) is 0 Å². The summed E-state index contributed by atoms with van der Waals surface area (Å²) in [6.07, 6.45) is 0. The summed E-state index contributed by atoms with van der Waals surface area (Å²) >= 11 is 0. The van der Waals surface area contributed by atoms with E-state index in [0.29, 0.717) is 0 Å². The molecule has 0 fully saturated rings. The Bertz CT molecular complexity index is 2600. The highest BCUT2D eigenvalue weighted by atomic mass is 15.1. The molecule has 0 radical (unpaired) electrons. The van der Waals surface area contributed by atoms with Crippen molar-refractivity contribution in [1.29, 1.82) is 0 Å². The van der Waals surface area contributed by atoms with Crippen LogP contribution in [0.15, 0.2) is 182 Å². The van der Waals surface area contributed by atoms with Crippen molar-refractivity contribution in [3.63, 3.8) is 0 Å². The normalized spacial score (nSPS) is 11.4. The van der Waals surface area contributed by atoms with E-state index in [2.05, 4.69) is 194 Å². The maximum absolute atomic E-state index is 2.40. The van der Waals surface area contributed by atoms with E-state index < -0.39 is 0 Å². The van der Waals surface area contributed by atoms with Gasteiger partial charge in [-0.2, -0.15) is 0 Å². The SMILES string of the molecule is Cc1ccc(N(c2ccccc2)c2ccc(-c3cc4cc(-c5ccc6ccccc6c5)c5ccccc5c4c4ccccc34)cc2)cc1. The van der Waals surface area contributed by atoms with Crippen molar-refractivity contribution in [2.75, 3.05) is 4.90 Å². The van der Waals surface area contributed by atoms with Gasteiger partial charge >= 0.3 is 0 Å². The van der Waals surface area contributed by atoms with Gasteiger partial charge < -0.3 is 4.90 Å². The predicted octanol–water partition coefficient (Wildman–Crippen LogP) is 13.4. The van der Waals surface area contributed by atoms with Gasteiger partial charge in [-0.05, 0) is 127 Å². The van der Waals surface area contributed by atoms with Gasteiger partial charge in [0.1, 0.15) is 0 Å². The van der Waals surface area contributed by atoms with Crippen molar-refractivity contribution in [3.05, 3.63) is 188 Å². The lowest BCUT2D eigenvalue weighted by molar-refractivity contribution is 1.28. The molecule has 0 heterocycles. The number of hydrogen-bond acceptors (Lipinski definition) is 1. The second-order valence-corrected chi connectivity index (χ2v) is 12.7. The summed E-state index contributed by atoms with van der Waals surface area (Å²) in [4.78, 5) is 2.32. The fourth-order valence-electron chi connectivity index (χ4n) is 7.32. The topological polar surface area (TPSA) is 3.24 Å². The third-order valence-electron chi connectivity index (χ3n) is 9.67. The molecule has 0 aliphatic carbocycles. The maximum Gasteiger partial charge on any atom is 0.0462 e. The lowest BCUT2D eigenvalue weighted by atomic mass is 9.87. The molecule has 9 rings (SSSR count). The van der Waals surface area contributed by atoms with E-state index in [0.717, 1.165) is 17.1 Å². The predicted molar refractivity (Wildman–Crippen MR) is 207 cm³/mol. The van der Waals surface area contributed by atoms with E-state index in [9.17, 15) is 0 Å². The van der Waals surface area contributed by atoms with E-state index in [1.807, 2.05) is 0 Å². The van der Waals surface area contributed by atoms with Crippen LogP contribution in [-0.2, 0) is 0 Å². The molecule has 0 aromatic heterocycles.